The SMILES string of the molecule is CC1(C)CN(C(=O)COc2ccc(OCc3ccccc3)cc2)CCO1. The average molecular weight is 355 g/mol. The van der Waals surface area contributed by atoms with E-state index in [1.165, 1.54) is 0 Å². The zero-order chi connectivity index (χ0) is 18.4. The maximum Gasteiger partial charge on any atom is 0.260 e. The molecule has 2 aromatic rings. The molecule has 0 radical (unpaired) electrons. The predicted molar refractivity (Wildman–Crippen MR) is 99.3 cm³/mol. The molecule has 138 valence electrons. The maximum absolute atomic E-state index is 12.3. The zero-order valence-corrected chi connectivity index (χ0v) is 15.3. The molecule has 2 aromatic carbocycles. The van der Waals surface area contributed by atoms with Crippen molar-refractivity contribution in [1.82, 2.24) is 4.90 Å². The first kappa shape index (κ1) is 18.3. The van der Waals surface area contributed by atoms with E-state index in [-0.39, 0.29) is 18.1 Å². The third-order valence-electron chi connectivity index (χ3n) is 4.21. The molecule has 5 nitrogen and oxygen atoms in total. The van der Waals surface area contributed by atoms with Crippen LogP contribution < -0.4 is 9.47 Å². The van der Waals surface area contributed by atoms with Gasteiger partial charge in [0.2, 0.25) is 0 Å². The van der Waals surface area contributed by atoms with Crippen molar-refractivity contribution in [1.29, 1.82) is 0 Å². The first-order valence-electron chi connectivity index (χ1n) is 8.83. The molecule has 0 spiro atoms. The van der Waals surface area contributed by atoms with Crippen molar-refractivity contribution in [3.05, 3.63) is 60.2 Å². The van der Waals surface area contributed by atoms with Crippen LogP contribution in [0.15, 0.2) is 54.6 Å². The lowest BCUT2D eigenvalue weighted by molar-refractivity contribution is -0.147. The van der Waals surface area contributed by atoms with Gasteiger partial charge in [0, 0.05) is 13.1 Å². The van der Waals surface area contributed by atoms with Crippen molar-refractivity contribution >= 4 is 5.91 Å². The van der Waals surface area contributed by atoms with E-state index in [0.29, 0.717) is 32.1 Å². The van der Waals surface area contributed by atoms with Gasteiger partial charge >= 0.3 is 0 Å². The summed E-state index contributed by atoms with van der Waals surface area (Å²) < 4.78 is 17.0. The molecule has 1 fully saturated rings. The first-order valence-corrected chi connectivity index (χ1v) is 8.83. The summed E-state index contributed by atoms with van der Waals surface area (Å²) in [6.45, 7) is 6.28. The quantitative estimate of drug-likeness (QED) is 0.798. The molecular weight excluding hydrogens is 330 g/mol. The van der Waals surface area contributed by atoms with Crippen LogP contribution in [0.2, 0.25) is 0 Å². The third-order valence-corrected chi connectivity index (χ3v) is 4.21. The van der Waals surface area contributed by atoms with Crippen LogP contribution in [-0.2, 0) is 16.1 Å². The smallest absolute Gasteiger partial charge is 0.260 e. The minimum atomic E-state index is -0.300. The number of carbonyl (C=O) groups excluding carboxylic acids is 1. The molecule has 0 N–H and O–H groups in total. The van der Waals surface area contributed by atoms with E-state index < -0.39 is 0 Å². The summed E-state index contributed by atoms with van der Waals surface area (Å²) in [6.07, 6.45) is 0. The van der Waals surface area contributed by atoms with E-state index in [1.54, 1.807) is 4.90 Å². The molecule has 0 aromatic heterocycles. The van der Waals surface area contributed by atoms with Crippen LogP contribution >= 0.6 is 0 Å². The van der Waals surface area contributed by atoms with Crippen LogP contribution in [0.5, 0.6) is 11.5 Å². The lowest BCUT2D eigenvalue weighted by atomic mass is 10.1. The lowest BCUT2D eigenvalue weighted by Gasteiger charge is -2.38. The largest absolute Gasteiger partial charge is 0.489 e. The highest BCUT2D eigenvalue weighted by atomic mass is 16.5. The van der Waals surface area contributed by atoms with Gasteiger partial charge in [0.25, 0.3) is 5.91 Å². The summed E-state index contributed by atoms with van der Waals surface area (Å²) in [7, 11) is 0. The Labute approximate surface area is 154 Å². The van der Waals surface area contributed by atoms with Gasteiger partial charge in [0.05, 0.1) is 12.2 Å². The molecule has 5 heteroatoms. The summed E-state index contributed by atoms with van der Waals surface area (Å²) in [5.74, 6) is 1.39. The fourth-order valence-electron chi connectivity index (χ4n) is 2.84. The highest BCUT2D eigenvalue weighted by Gasteiger charge is 2.29. The highest BCUT2D eigenvalue weighted by Crippen LogP contribution is 2.20. The van der Waals surface area contributed by atoms with E-state index in [4.69, 9.17) is 14.2 Å². The number of hydrogen-bond donors (Lipinski definition) is 0. The Kier molecular flexibility index (Phi) is 5.78. The van der Waals surface area contributed by atoms with Crippen molar-refractivity contribution in [3.8, 4) is 11.5 Å². The van der Waals surface area contributed by atoms with Gasteiger partial charge in [-0.1, -0.05) is 30.3 Å². The highest BCUT2D eigenvalue weighted by molar-refractivity contribution is 5.78. The minimum absolute atomic E-state index is 0.0224. The summed E-state index contributed by atoms with van der Waals surface area (Å²) in [5.41, 5.74) is 0.818. The molecule has 1 saturated heterocycles. The normalized spacial score (nSPS) is 16.2. The summed E-state index contributed by atoms with van der Waals surface area (Å²) in [4.78, 5) is 14.1. The molecule has 0 aliphatic carbocycles. The summed E-state index contributed by atoms with van der Waals surface area (Å²) in [5, 5.41) is 0. The van der Waals surface area contributed by atoms with E-state index in [9.17, 15) is 4.79 Å². The van der Waals surface area contributed by atoms with Gasteiger partial charge in [-0.25, -0.2) is 0 Å². The van der Waals surface area contributed by atoms with Gasteiger partial charge in [-0.05, 0) is 43.7 Å². The number of amides is 1. The van der Waals surface area contributed by atoms with Gasteiger partial charge in [-0.3, -0.25) is 4.79 Å². The maximum atomic E-state index is 12.3. The Morgan fingerprint density at radius 3 is 2.35 bits per heavy atom. The second-order valence-corrected chi connectivity index (χ2v) is 6.96. The number of nitrogens with zero attached hydrogens (tertiary/aromatic N) is 1. The van der Waals surface area contributed by atoms with Crippen LogP contribution in [0, 0.1) is 0 Å². The summed E-state index contributed by atoms with van der Waals surface area (Å²) in [6, 6.07) is 17.3. The summed E-state index contributed by atoms with van der Waals surface area (Å²) >= 11 is 0. The van der Waals surface area contributed by atoms with Crippen molar-refractivity contribution in [2.45, 2.75) is 26.1 Å². The van der Waals surface area contributed by atoms with Gasteiger partial charge < -0.3 is 19.1 Å². The van der Waals surface area contributed by atoms with Gasteiger partial charge in [-0.2, -0.15) is 0 Å². The number of benzene rings is 2. The van der Waals surface area contributed by atoms with Gasteiger partial charge in [-0.15, -0.1) is 0 Å². The van der Waals surface area contributed by atoms with Crippen LogP contribution in [0.4, 0.5) is 0 Å². The average Bonchev–Trinajstić information content (AvgIpc) is 2.65. The third kappa shape index (κ3) is 5.23. The molecule has 26 heavy (non-hydrogen) atoms. The number of morpholine rings is 1. The Morgan fingerprint density at radius 1 is 1.04 bits per heavy atom. The number of hydrogen-bond acceptors (Lipinski definition) is 4. The second kappa shape index (κ2) is 8.23. The molecule has 0 saturated carbocycles. The number of ether oxygens (including phenoxy) is 3. The Morgan fingerprint density at radius 2 is 1.69 bits per heavy atom. The fraction of sp³-hybridized carbons (Fsp3) is 0.381. The van der Waals surface area contributed by atoms with Gasteiger partial charge in [0.1, 0.15) is 18.1 Å². The minimum Gasteiger partial charge on any atom is -0.489 e. The second-order valence-electron chi connectivity index (χ2n) is 6.96. The molecule has 0 atom stereocenters. The van der Waals surface area contributed by atoms with Crippen LogP contribution in [-0.4, -0.2) is 42.7 Å². The Bertz CT molecular complexity index is 713. The monoisotopic (exact) mass is 355 g/mol. The molecule has 0 bridgehead atoms. The zero-order valence-electron chi connectivity index (χ0n) is 15.3. The molecule has 1 aliphatic heterocycles. The topological polar surface area (TPSA) is 48.0 Å². The Balaban J connectivity index is 1.46. The van der Waals surface area contributed by atoms with Crippen LogP contribution in [0.25, 0.3) is 0 Å². The molecule has 3 rings (SSSR count). The first-order chi connectivity index (χ1) is 12.5. The molecule has 1 amide bonds. The standard InChI is InChI=1S/C21H25NO4/c1-21(2)16-22(12-13-26-21)20(23)15-25-19-10-8-18(9-11-19)24-14-17-6-4-3-5-7-17/h3-11H,12-16H2,1-2H3. The number of carbonyl (C=O) groups is 1. The fourth-order valence-corrected chi connectivity index (χ4v) is 2.84. The molecule has 1 aliphatic rings. The predicted octanol–water partition coefficient (Wildman–Crippen LogP) is 3.28. The molecule has 1 heterocycles. The van der Waals surface area contributed by atoms with Crippen molar-refractivity contribution in [2.75, 3.05) is 26.3 Å². The van der Waals surface area contributed by atoms with E-state index in [0.717, 1.165) is 11.3 Å². The van der Waals surface area contributed by atoms with Crippen molar-refractivity contribution in [2.24, 2.45) is 0 Å². The molecule has 0 unspecified atom stereocenters. The van der Waals surface area contributed by atoms with E-state index >= 15 is 0 Å². The van der Waals surface area contributed by atoms with Crippen molar-refractivity contribution in [3.63, 3.8) is 0 Å². The van der Waals surface area contributed by atoms with Crippen molar-refractivity contribution < 1.29 is 19.0 Å². The van der Waals surface area contributed by atoms with E-state index in [2.05, 4.69) is 0 Å². The van der Waals surface area contributed by atoms with E-state index in [1.807, 2.05) is 68.4 Å². The molecular formula is C21H25NO4. The Hall–Kier alpha value is -2.53. The van der Waals surface area contributed by atoms with Crippen LogP contribution in [0.1, 0.15) is 19.4 Å². The number of rotatable bonds is 6. The van der Waals surface area contributed by atoms with Crippen LogP contribution in [0.3, 0.4) is 0 Å². The van der Waals surface area contributed by atoms with Gasteiger partial charge in [0.15, 0.2) is 6.61 Å². The lowest BCUT2D eigenvalue weighted by Crippen LogP contribution is -2.51.